The Morgan fingerprint density at radius 1 is 0.907 bits per heavy atom. The third-order valence-corrected chi connectivity index (χ3v) is 11.4. The van der Waals surface area contributed by atoms with E-state index in [-0.39, 0.29) is 59.9 Å². The molecule has 0 aromatic heterocycles. The minimum Gasteiger partial charge on any atom is -0.386 e. The number of nitrogens with one attached hydrogen (secondary N) is 2. The van der Waals surface area contributed by atoms with E-state index in [1.807, 2.05) is 70.0 Å². The lowest BCUT2D eigenvalue weighted by molar-refractivity contribution is -0.148. The number of hydrogen-bond acceptors (Lipinski definition) is 8. The molecule has 0 saturated carbocycles. The minimum atomic E-state index is -0.876. The molecular formula is C42H73N5O7. The number of carbonyl (C=O) groups is 4. The van der Waals surface area contributed by atoms with E-state index in [1.54, 1.807) is 44.9 Å². The van der Waals surface area contributed by atoms with Crippen molar-refractivity contribution >= 4 is 23.6 Å². The van der Waals surface area contributed by atoms with Crippen molar-refractivity contribution in [2.75, 3.05) is 41.4 Å². The van der Waals surface area contributed by atoms with Gasteiger partial charge in [0.25, 0.3) is 0 Å². The number of aliphatic hydroxyl groups excluding tert-OH is 1. The molecule has 0 spiro atoms. The maximum Gasteiger partial charge on any atom is 0.245 e. The lowest BCUT2D eigenvalue weighted by atomic mass is 9.89. The largest absolute Gasteiger partial charge is 0.386 e. The van der Waals surface area contributed by atoms with E-state index >= 15 is 0 Å². The smallest absolute Gasteiger partial charge is 0.245 e. The van der Waals surface area contributed by atoms with Crippen molar-refractivity contribution in [2.45, 2.75) is 143 Å². The molecule has 0 bridgehead atoms. The summed E-state index contributed by atoms with van der Waals surface area (Å²) in [6.07, 6.45) is 1.06. The van der Waals surface area contributed by atoms with E-state index in [0.29, 0.717) is 18.5 Å². The first-order chi connectivity index (χ1) is 25.5. The molecule has 54 heavy (non-hydrogen) atoms. The maximum absolute atomic E-state index is 14.3. The van der Waals surface area contributed by atoms with Crippen LogP contribution < -0.4 is 10.6 Å². The molecule has 3 N–H and O–H groups in total. The standard InChI is InChI=1S/C42H73N5O7/c1-14-23-45(10)36(27(5)6)41(51)44-35(26(3)4)42(52)46(11)37(28(7)15-2)33(53-12)25-34(48)47-24-19-22-32(47)39(54-13)29(8)40(50)43-30(9)38(49)31-20-17-16-18-21-31/h16-18,20-21,26-30,32-33,35-39,49H,14-15,19,22-25H2,1-13H3,(H,43,50)(H,44,51)/t28-,29+,30+,32-,33+,35-,36?,37-,38+,39+/m0/s1. The van der Waals surface area contributed by atoms with Crippen LogP contribution >= 0.6 is 0 Å². The van der Waals surface area contributed by atoms with E-state index in [9.17, 15) is 24.3 Å². The number of aliphatic hydroxyl groups is 1. The van der Waals surface area contributed by atoms with Crippen molar-refractivity contribution in [3.8, 4) is 0 Å². The van der Waals surface area contributed by atoms with Gasteiger partial charge in [0, 0.05) is 27.8 Å². The fourth-order valence-corrected chi connectivity index (χ4v) is 8.16. The molecule has 1 aliphatic rings. The fraction of sp³-hybridized carbons (Fsp3) is 0.762. The second-order valence-electron chi connectivity index (χ2n) is 16.1. The number of rotatable bonds is 22. The van der Waals surface area contributed by atoms with Crippen molar-refractivity contribution in [2.24, 2.45) is 23.7 Å². The molecule has 12 heteroatoms. The van der Waals surface area contributed by atoms with E-state index in [1.165, 1.54) is 0 Å². The van der Waals surface area contributed by atoms with Crippen LogP contribution in [0.4, 0.5) is 0 Å². The Morgan fingerprint density at radius 3 is 2.06 bits per heavy atom. The zero-order valence-electron chi connectivity index (χ0n) is 35.5. The zero-order valence-corrected chi connectivity index (χ0v) is 35.5. The van der Waals surface area contributed by atoms with Gasteiger partial charge in [0.15, 0.2) is 0 Å². The van der Waals surface area contributed by atoms with Gasteiger partial charge in [-0.15, -0.1) is 0 Å². The lowest BCUT2D eigenvalue weighted by Gasteiger charge is -2.41. The van der Waals surface area contributed by atoms with Crippen LogP contribution in [0.1, 0.15) is 106 Å². The van der Waals surface area contributed by atoms with E-state index in [2.05, 4.69) is 31.4 Å². The topological polar surface area (TPSA) is 141 Å². The van der Waals surface area contributed by atoms with Crippen LogP contribution in [0.25, 0.3) is 0 Å². The first-order valence-corrected chi connectivity index (χ1v) is 20.1. The number of amides is 4. The van der Waals surface area contributed by atoms with Gasteiger partial charge in [-0.25, -0.2) is 0 Å². The van der Waals surface area contributed by atoms with Gasteiger partial charge in [-0.3, -0.25) is 24.1 Å². The molecule has 0 radical (unpaired) electrons. The van der Waals surface area contributed by atoms with Crippen LogP contribution in [0, 0.1) is 23.7 Å². The summed E-state index contributed by atoms with van der Waals surface area (Å²) >= 11 is 0. The number of ether oxygens (including phenoxy) is 2. The molecule has 1 fully saturated rings. The molecule has 1 unspecified atom stereocenters. The number of methoxy groups -OCH3 is 2. The summed E-state index contributed by atoms with van der Waals surface area (Å²) in [5, 5.41) is 16.9. The van der Waals surface area contributed by atoms with Crippen LogP contribution in [-0.2, 0) is 28.7 Å². The number of likely N-dealkylation sites (tertiary alicyclic amines) is 1. The summed E-state index contributed by atoms with van der Waals surface area (Å²) in [5.74, 6) is -1.52. The third-order valence-electron chi connectivity index (χ3n) is 11.4. The Balaban J connectivity index is 2.26. The Kier molecular flexibility index (Phi) is 19.6. The van der Waals surface area contributed by atoms with E-state index in [0.717, 1.165) is 25.8 Å². The molecule has 1 saturated heterocycles. The highest BCUT2D eigenvalue weighted by atomic mass is 16.5. The Labute approximate surface area is 326 Å². The summed E-state index contributed by atoms with van der Waals surface area (Å²) in [7, 11) is 6.82. The first kappa shape index (κ1) is 47.1. The highest BCUT2D eigenvalue weighted by molar-refractivity contribution is 5.90. The molecule has 10 atom stereocenters. The van der Waals surface area contributed by atoms with Crippen LogP contribution in [-0.4, -0.2) is 127 Å². The quantitative estimate of drug-likeness (QED) is 0.155. The second-order valence-corrected chi connectivity index (χ2v) is 16.1. The van der Waals surface area contributed by atoms with Gasteiger partial charge in [-0.2, -0.15) is 0 Å². The minimum absolute atomic E-state index is 0.0163. The molecule has 1 aromatic carbocycles. The molecule has 1 aromatic rings. The van der Waals surface area contributed by atoms with Crippen molar-refractivity contribution in [1.82, 2.24) is 25.3 Å². The average molecular weight is 760 g/mol. The molecule has 4 amide bonds. The molecule has 2 rings (SSSR count). The van der Waals surface area contributed by atoms with Gasteiger partial charge >= 0.3 is 0 Å². The van der Waals surface area contributed by atoms with Gasteiger partial charge < -0.3 is 35.0 Å². The number of benzene rings is 1. The summed E-state index contributed by atoms with van der Waals surface area (Å²) in [5.41, 5.74) is 0.712. The normalized spacial score (nSPS) is 19.8. The Morgan fingerprint density at radius 2 is 1.54 bits per heavy atom. The summed E-state index contributed by atoms with van der Waals surface area (Å²) in [6.45, 7) is 18.9. The number of hydrogen-bond donors (Lipinski definition) is 3. The van der Waals surface area contributed by atoms with Crippen LogP contribution in [0.5, 0.6) is 0 Å². The maximum atomic E-state index is 14.3. The predicted octanol–water partition coefficient (Wildman–Crippen LogP) is 4.65. The highest BCUT2D eigenvalue weighted by Crippen LogP contribution is 2.30. The van der Waals surface area contributed by atoms with Crippen LogP contribution in [0.15, 0.2) is 30.3 Å². The molecule has 1 heterocycles. The van der Waals surface area contributed by atoms with Crippen molar-refractivity contribution in [3.05, 3.63) is 35.9 Å². The summed E-state index contributed by atoms with van der Waals surface area (Å²) < 4.78 is 12.0. The SMILES string of the molecule is CCCN(C)C(C(=O)N[C@H](C(=O)N(C)[C@@H]([C@@H](C)CC)[C@@H](CC(=O)N1CCC[C@H]1[C@H](OC)[C@@H](C)C(=O)N[C@H](C)[C@@H](O)c1ccccc1)OC)C(C)C)C(C)C. The van der Waals surface area contributed by atoms with Crippen molar-refractivity contribution < 1.29 is 33.8 Å². The monoisotopic (exact) mass is 760 g/mol. The van der Waals surface area contributed by atoms with Gasteiger partial charge in [0.05, 0.1) is 54.8 Å². The van der Waals surface area contributed by atoms with Crippen LogP contribution in [0.2, 0.25) is 0 Å². The van der Waals surface area contributed by atoms with E-state index < -0.39 is 42.4 Å². The van der Waals surface area contributed by atoms with Crippen molar-refractivity contribution in [3.63, 3.8) is 0 Å². The van der Waals surface area contributed by atoms with Crippen molar-refractivity contribution in [1.29, 1.82) is 0 Å². The Hall–Kier alpha value is -3.06. The van der Waals surface area contributed by atoms with Gasteiger partial charge in [-0.1, -0.05) is 92.1 Å². The molecule has 12 nitrogen and oxygen atoms in total. The van der Waals surface area contributed by atoms with Gasteiger partial charge in [0.1, 0.15) is 6.04 Å². The molecule has 0 aliphatic carbocycles. The van der Waals surface area contributed by atoms with Crippen LogP contribution in [0.3, 0.4) is 0 Å². The number of carbonyl (C=O) groups excluding carboxylic acids is 4. The summed E-state index contributed by atoms with van der Waals surface area (Å²) in [6, 6.07) is 6.75. The zero-order chi connectivity index (χ0) is 40.9. The third kappa shape index (κ3) is 12.2. The number of nitrogens with zero attached hydrogens (tertiary/aromatic N) is 3. The average Bonchev–Trinajstić information content (AvgIpc) is 3.62. The van der Waals surface area contributed by atoms with Gasteiger partial charge in [-0.05, 0) is 63.1 Å². The number of likely N-dealkylation sites (N-methyl/N-ethyl adjacent to an activating group) is 2. The molecule has 308 valence electrons. The van der Waals surface area contributed by atoms with Gasteiger partial charge in [0.2, 0.25) is 23.6 Å². The van der Waals surface area contributed by atoms with E-state index in [4.69, 9.17) is 9.47 Å². The predicted molar refractivity (Wildman–Crippen MR) is 213 cm³/mol. The second kappa shape index (κ2) is 22.5. The highest BCUT2D eigenvalue weighted by Gasteiger charge is 2.43. The Bertz CT molecular complexity index is 1310. The molecule has 1 aliphatic heterocycles. The fourth-order valence-electron chi connectivity index (χ4n) is 8.16. The summed E-state index contributed by atoms with van der Waals surface area (Å²) in [4.78, 5) is 61.2. The first-order valence-electron chi connectivity index (χ1n) is 20.1. The molecular weight excluding hydrogens is 686 g/mol. The lowest BCUT2D eigenvalue weighted by Crippen LogP contribution is -2.60.